The van der Waals surface area contributed by atoms with Crippen molar-refractivity contribution in [3.05, 3.63) is 24.3 Å². The van der Waals surface area contributed by atoms with Crippen molar-refractivity contribution in [3.63, 3.8) is 0 Å². The van der Waals surface area contributed by atoms with Gasteiger partial charge in [0.1, 0.15) is 6.33 Å². The zero-order chi connectivity index (χ0) is 11.4. The summed E-state index contributed by atoms with van der Waals surface area (Å²) < 4.78 is 4.60. The molecule has 15 heavy (non-hydrogen) atoms. The summed E-state index contributed by atoms with van der Waals surface area (Å²) in [5, 5.41) is 8.54. The summed E-state index contributed by atoms with van der Waals surface area (Å²) in [6, 6.07) is -0.365. The largest absolute Gasteiger partial charge is 0.475 e. The minimum Gasteiger partial charge on any atom is -0.475 e. The second kappa shape index (κ2) is 4.27. The third kappa shape index (κ3) is 2.83. The van der Waals surface area contributed by atoms with Gasteiger partial charge in [-0.15, -0.1) is 0 Å². The van der Waals surface area contributed by atoms with E-state index in [0.717, 1.165) is 6.33 Å². The van der Waals surface area contributed by atoms with Gasteiger partial charge in [0.2, 0.25) is 5.82 Å². The highest BCUT2D eigenvalue weighted by atomic mass is 16.5. The molecule has 0 amide bonds. The lowest BCUT2D eigenvalue weighted by molar-refractivity contribution is -0.130. The molecule has 0 aliphatic heterocycles. The van der Waals surface area contributed by atoms with Crippen LogP contribution in [0, 0.1) is 0 Å². The van der Waals surface area contributed by atoms with Gasteiger partial charge in [-0.25, -0.2) is 14.6 Å². The zero-order valence-electron chi connectivity index (χ0n) is 7.80. The third-order valence-corrected chi connectivity index (χ3v) is 1.27. The molecule has 1 rings (SSSR count). The van der Waals surface area contributed by atoms with Crippen molar-refractivity contribution in [1.82, 2.24) is 15.0 Å². The number of nitrogens with zero attached hydrogens (tertiary/aromatic N) is 3. The number of ether oxygens (including phenoxy) is 1. The Morgan fingerprint density at radius 1 is 1.47 bits per heavy atom. The Kier molecular flexibility index (Phi) is 3.06. The van der Waals surface area contributed by atoms with Crippen LogP contribution in [0.5, 0.6) is 6.01 Å². The van der Waals surface area contributed by atoms with Crippen molar-refractivity contribution in [1.29, 1.82) is 0 Å². The average molecular weight is 209 g/mol. The summed E-state index contributed by atoms with van der Waals surface area (Å²) in [4.78, 5) is 31.7. The number of rotatable bonds is 3. The molecule has 0 saturated heterocycles. The number of hydrogen-bond donors (Lipinski definition) is 1. The quantitative estimate of drug-likeness (QED) is 0.554. The van der Waals surface area contributed by atoms with Gasteiger partial charge in [-0.1, -0.05) is 6.58 Å². The van der Waals surface area contributed by atoms with Gasteiger partial charge in [-0.05, 0) is 6.92 Å². The Hall–Kier alpha value is -2.31. The molecule has 78 valence electrons. The van der Waals surface area contributed by atoms with E-state index < -0.39 is 17.8 Å². The minimum absolute atomic E-state index is 0.160. The molecule has 0 aliphatic rings. The molecular weight excluding hydrogens is 202 g/mol. The van der Waals surface area contributed by atoms with Crippen LogP contribution in [-0.4, -0.2) is 32.0 Å². The molecule has 0 spiro atoms. The number of carbonyl (C=O) groups excluding carboxylic acids is 1. The highest BCUT2D eigenvalue weighted by molar-refractivity contribution is 5.88. The van der Waals surface area contributed by atoms with Gasteiger partial charge in [0.15, 0.2) is 0 Å². The van der Waals surface area contributed by atoms with E-state index in [1.54, 1.807) is 0 Å². The lowest BCUT2D eigenvalue weighted by Crippen LogP contribution is -2.13. The Morgan fingerprint density at radius 2 is 2.13 bits per heavy atom. The fraction of sp³-hybridized carbons (Fsp3) is 0.125. The average Bonchev–Trinajstić information content (AvgIpc) is 2.18. The third-order valence-electron chi connectivity index (χ3n) is 1.27. The number of carbonyl (C=O) groups is 2. The molecule has 0 fully saturated rings. The Balaban J connectivity index is 2.87. The summed E-state index contributed by atoms with van der Waals surface area (Å²) >= 11 is 0. The van der Waals surface area contributed by atoms with Crippen molar-refractivity contribution < 1.29 is 19.4 Å². The molecular formula is C8H7N3O4. The van der Waals surface area contributed by atoms with Gasteiger partial charge in [-0.3, -0.25) is 0 Å². The first-order chi connectivity index (χ1) is 7.00. The Morgan fingerprint density at radius 3 is 2.67 bits per heavy atom. The van der Waals surface area contributed by atoms with Gasteiger partial charge >= 0.3 is 17.9 Å². The number of carboxylic acid groups (broad SMARTS) is 1. The maximum absolute atomic E-state index is 11.0. The summed E-state index contributed by atoms with van der Waals surface area (Å²) in [6.07, 6.45) is 0.942. The molecule has 0 aliphatic carbocycles. The molecule has 1 aromatic heterocycles. The monoisotopic (exact) mass is 209 g/mol. The van der Waals surface area contributed by atoms with Crippen LogP contribution in [0.3, 0.4) is 0 Å². The molecule has 0 radical (unpaired) electrons. The smallest absolute Gasteiger partial charge is 0.374 e. The van der Waals surface area contributed by atoms with Crippen LogP contribution < -0.4 is 4.74 Å². The molecule has 1 aromatic rings. The first-order valence-electron chi connectivity index (χ1n) is 3.80. The summed E-state index contributed by atoms with van der Waals surface area (Å²) in [5.41, 5.74) is 0.160. The van der Waals surface area contributed by atoms with E-state index >= 15 is 0 Å². The van der Waals surface area contributed by atoms with Crippen LogP contribution in [0.1, 0.15) is 17.5 Å². The first kappa shape index (κ1) is 10.8. The SMILES string of the molecule is C=C(C)C(=O)Oc1ncnc(C(=O)O)n1. The molecule has 0 saturated carbocycles. The predicted octanol–water partition coefficient (Wildman–Crippen LogP) is 0.0513. The van der Waals surface area contributed by atoms with Gasteiger partial charge in [0.25, 0.3) is 0 Å². The number of aromatic nitrogens is 3. The van der Waals surface area contributed by atoms with Crippen LogP contribution in [-0.2, 0) is 4.79 Å². The highest BCUT2D eigenvalue weighted by Gasteiger charge is 2.12. The van der Waals surface area contributed by atoms with E-state index in [2.05, 4.69) is 26.3 Å². The van der Waals surface area contributed by atoms with Crippen molar-refractivity contribution in [2.45, 2.75) is 6.92 Å². The summed E-state index contributed by atoms with van der Waals surface area (Å²) in [7, 11) is 0. The van der Waals surface area contributed by atoms with E-state index in [9.17, 15) is 9.59 Å². The standard InChI is InChI=1S/C8H7N3O4/c1-4(2)7(14)15-8-10-3-9-5(11-8)6(12)13/h3H,1H2,2H3,(H,12,13). The fourth-order valence-electron chi connectivity index (χ4n) is 0.604. The molecule has 0 aromatic carbocycles. The van der Waals surface area contributed by atoms with Crippen molar-refractivity contribution in [2.75, 3.05) is 0 Å². The van der Waals surface area contributed by atoms with Gasteiger partial charge < -0.3 is 9.84 Å². The molecule has 7 nitrogen and oxygen atoms in total. The lowest BCUT2D eigenvalue weighted by atomic mass is 10.4. The number of carboxylic acids is 1. The molecule has 1 heterocycles. The van der Waals surface area contributed by atoms with Crippen LogP contribution in [0.4, 0.5) is 0 Å². The zero-order valence-corrected chi connectivity index (χ0v) is 7.80. The maximum Gasteiger partial charge on any atom is 0.374 e. The topological polar surface area (TPSA) is 102 Å². The first-order valence-corrected chi connectivity index (χ1v) is 3.80. The van der Waals surface area contributed by atoms with Crippen molar-refractivity contribution in [3.8, 4) is 6.01 Å². The van der Waals surface area contributed by atoms with Crippen LogP contribution in [0.25, 0.3) is 0 Å². The number of aromatic carboxylic acids is 1. The van der Waals surface area contributed by atoms with E-state index in [-0.39, 0.29) is 11.6 Å². The lowest BCUT2D eigenvalue weighted by Gasteiger charge is -2.00. The van der Waals surface area contributed by atoms with Crippen molar-refractivity contribution >= 4 is 11.9 Å². The second-order valence-corrected chi connectivity index (χ2v) is 2.57. The fourth-order valence-corrected chi connectivity index (χ4v) is 0.604. The van der Waals surface area contributed by atoms with E-state index in [1.807, 2.05) is 0 Å². The molecule has 0 unspecified atom stereocenters. The second-order valence-electron chi connectivity index (χ2n) is 2.57. The predicted molar refractivity (Wildman–Crippen MR) is 47.2 cm³/mol. The Bertz CT molecular complexity index is 430. The van der Waals surface area contributed by atoms with Crippen LogP contribution >= 0.6 is 0 Å². The van der Waals surface area contributed by atoms with Crippen LogP contribution in [0.2, 0.25) is 0 Å². The van der Waals surface area contributed by atoms with Gasteiger partial charge in [-0.2, -0.15) is 9.97 Å². The molecule has 0 bridgehead atoms. The summed E-state index contributed by atoms with van der Waals surface area (Å²) in [6.45, 7) is 4.79. The number of hydrogen-bond acceptors (Lipinski definition) is 6. The van der Waals surface area contributed by atoms with E-state index in [0.29, 0.717) is 0 Å². The van der Waals surface area contributed by atoms with E-state index in [1.165, 1.54) is 6.92 Å². The molecule has 0 atom stereocenters. The highest BCUT2D eigenvalue weighted by Crippen LogP contribution is 2.03. The number of esters is 1. The maximum atomic E-state index is 11.0. The molecule has 7 heteroatoms. The van der Waals surface area contributed by atoms with Gasteiger partial charge in [0, 0.05) is 5.57 Å². The van der Waals surface area contributed by atoms with E-state index in [4.69, 9.17) is 5.11 Å². The van der Waals surface area contributed by atoms with Crippen molar-refractivity contribution in [2.24, 2.45) is 0 Å². The summed E-state index contributed by atoms with van der Waals surface area (Å²) in [5.74, 6) is -2.54. The molecule has 1 N–H and O–H groups in total. The Labute approximate surface area is 84.5 Å². The van der Waals surface area contributed by atoms with Gasteiger partial charge in [0.05, 0.1) is 0 Å². The van der Waals surface area contributed by atoms with Crippen LogP contribution in [0.15, 0.2) is 18.5 Å². The normalized spacial score (nSPS) is 9.40. The minimum atomic E-state index is -1.33.